The van der Waals surface area contributed by atoms with Crippen molar-refractivity contribution in [2.75, 3.05) is 19.8 Å². The number of rotatable bonds is 10. The molecule has 0 radical (unpaired) electrons. The van der Waals surface area contributed by atoms with E-state index in [0.717, 1.165) is 24.3 Å². The number of hydrogen-bond donors (Lipinski definition) is 1. The van der Waals surface area contributed by atoms with Crippen molar-refractivity contribution in [2.24, 2.45) is 0 Å². The van der Waals surface area contributed by atoms with E-state index in [2.05, 4.69) is 14.2 Å². The van der Waals surface area contributed by atoms with Crippen molar-refractivity contribution >= 4 is 23.7 Å². The Bertz CT molecular complexity index is 478. The molecule has 0 rings (SSSR count). The summed E-state index contributed by atoms with van der Waals surface area (Å²) in [7, 11) is 0. The molecule has 0 aromatic carbocycles. The summed E-state index contributed by atoms with van der Waals surface area (Å²) in [5.41, 5.74) is 0. The zero-order chi connectivity index (χ0) is 17.7. The van der Waals surface area contributed by atoms with Gasteiger partial charge in [0.15, 0.2) is 5.78 Å². The minimum Gasteiger partial charge on any atom is -0.460 e. The quantitative estimate of drug-likeness (QED) is 0.259. The molecule has 1 N–H and O–H groups in total. The Labute approximate surface area is 133 Å². The Balaban J connectivity index is 3.86. The van der Waals surface area contributed by atoms with Crippen molar-refractivity contribution in [3.63, 3.8) is 0 Å². The van der Waals surface area contributed by atoms with Crippen LogP contribution in [-0.2, 0) is 33.4 Å². The second-order valence-electron chi connectivity index (χ2n) is 4.30. The molecule has 1 unspecified atom stereocenters. The number of carbonyl (C=O) groups excluding carboxylic acids is 4. The molecule has 0 saturated carbocycles. The molecule has 0 amide bonds. The van der Waals surface area contributed by atoms with Gasteiger partial charge in [0, 0.05) is 18.2 Å². The van der Waals surface area contributed by atoms with Crippen LogP contribution >= 0.6 is 0 Å². The Morgan fingerprint density at radius 2 is 1.30 bits per heavy atom. The standard InChI is InChI=1S/C15H20O8/c1-3-12(17)10-23-15(20)7-6-14(19)22-9-8-21-13(18)5-4-11(2)16/h4-7,12,17H,3,8-10H2,1-2H3/b5-4+,7-6+. The van der Waals surface area contributed by atoms with Crippen LogP contribution in [-0.4, -0.2) is 54.7 Å². The highest BCUT2D eigenvalue weighted by Crippen LogP contribution is 1.93. The molecule has 0 fully saturated rings. The zero-order valence-electron chi connectivity index (χ0n) is 13.0. The molecular weight excluding hydrogens is 308 g/mol. The molecule has 0 aromatic heterocycles. The molecule has 1 atom stereocenters. The number of ether oxygens (including phenoxy) is 3. The van der Waals surface area contributed by atoms with Gasteiger partial charge in [-0.2, -0.15) is 0 Å². The van der Waals surface area contributed by atoms with Gasteiger partial charge in [0.05, 0.1) is 6.10 Å². The smallest absolute Gasteiger partial charge is 0.331 e. The highest BCUT2D eigenvalue weighted by atomic mass is 16.6. The number of aliphatic hydroxyl groups is 1. The SMILES string of the molecule is CCC(O)COC(=O)/C=C/C(=O)OCCOC(=O)/C=C/C(C)=O. The fourth-order valence-electron chi connectivity index (χ4n) is 1.05. The number of hydrogen-bond acceptors (Lipinski definition) is 8. The van der Waals surface area contributed by atoms with Gasteiger partial charge in [0.1, 0.15) is 19.8 Å². The van der Waals surface area contributed by atoms with Gasteiger partial charge in [-0.3, -0.25) is 4.79 Å². The molecular formula is C15H20O8. The maximum absolute atomic E-state index is 11.2. The van der Waals surface area contributed by atoms with E-state index in [1.54, 1.807) is 6.92 Å². The Morgan fingerprint density at radius 3 is 1.74 bits per heavy atom. The first kappa shape index (κ1) is 20.5. The van der Waals surface area contributed by atoms with Crippen LogP contribution in [0.15, 0.2) is 24.3 Å². The summed E-state index contributed by atoms with van der Waals surface area (Å²) in [5.74, 6) is -2.62. The van der Waals surface area contributed by atoms with Gasteiger partial charge in [0.25, 0.3) is 0 Å². The maximum Gasteiger partial charge on any atom is 0.331 e. The van der Waals surface area contributed by atoms with Crippen LogP contribution in [0.4, 0.5) is 0 Å². The largest absolute Gasteiger partial charge is 0.460 e. The molecule has 0 aliphatic heterocycles. The van der Waals surface area contributed by atoms with Crippen molar-refractivity contribution in [1.82, 2.24) is 0 Å². The van der Waals surface area contributed by atoms with E-state index in [-0.39, 0.29) is 25.6 Å². The minimum atomic E-state index is -0.812. The van der Waals surface area contributed by atoms with Gasteiger partial charge in [-0.05, 0) is 19.4 Å². The molecule has 23 heavy (non-hydrogen) atoms. The second-order valence-corrected chi connectivity index (χ2v) is 4.30. The van der Waals surface area contributed by atoms with Crippen LogP contribution < -0.4 is 0 Å². The third kappa shape index (κ3) is 12.9. The van der Waals surface area contributed by atoms with Crippen LogP contribution in [0.2, 0.25) is 0 Å². The van der Waals surface area contributed by atoms with Crippen LogP contribution in [0.3, 0.4) is 0 Å². The Kier molecular flexibility index (Phi) is 10.8. The summed E-state index contributed by atoms with van der Waals surface area (Å²) < 4.78 is 14.0. The van der Waals surface area contributed by atoms with Crippen molar-refractivity contribution in [3.8, 4) is 0 Å². The molecule has 0 saturated heterocycles. The van der Waals surface area contributed by atoms with E-state index in [1.165, 1.54) is 6.92 Å². The molecule has 0 bridgehead atoms. The monoisotopic (exact) mass is 328 g/mol. The molecule has 8 nitrogen and oxygen atoms in total. The summed E-state index contributed by atoms with van der Waals surface area (Å²) in [6, 6.07) is 0. The lowest BCUT2D eigenvalue weighted by Crippen LogP contribution is -2.16. The fourth-order valence-corrected chi connectivity index (χ4v) is 1.05. The summed E-state index contributed by atoms with van der Waals surface area (Å²) in [4.78, 5) is 44.1. The van der Waals surface area contributed by atoms with Crippen molar-refractivity contribution in [1.29, 1.82) is 0 Å². The third-order valence-electron chi connectivity index (χ3n) is 2.27. The molecule has 0 spiro atoms. The topological polar surface area (TPSA) is 116 Å². The van der Waals surface area contributed by atoms with Gasteiger partial charge in [-0.25, -0.2) is 14.4 Å². The predicted octanol–water partition coefficient (Wildman–Crippen LogP) is 0.0883. The Hall–Kier alpha value is -2.48. The number of esters is 3. The molecule has 8 heteroatoms. The zero-order valence-corrected chi connectivity index (χ0v) is 13.0. The van der Waals surface area contributed by atoms with Gasteiger partial charge in [0.2, 0.25) is 0 Å². The number of carbonyl (C=O) groups is 4. The van der Waals surface area contributed by atoms with Crippen LogP contribution in [0, 0.1) is 0 Å². The lowest BCUT2D eigenvalue weighted by molar-refractivity contribution is -0.146. The van der Waals surface area contributed by atoms with Crippen LogP contribution in [0.5, 0.6) is 0 Å². The third-order valence-corrected chi connectivity index (χ3v) is 2.27. The van der Waals surface area contributed by atoms with Crippen LogP contribution in [0.1, 0.15) is 20.3 Å². The molecule has 0 aliphatic carbocycles. The maximum atomic E-state index is 11.2. The average molecular weight is 328 g/mol. The van der Waals surface area contributed by atoms with Crippen molar-refractivity contribution in [3.05, 3.63) is 24.3 Å². The van der Waals surface area contributed by atoms with Gasteiger partial charge in [-0.15, -0.1) is 0 Å². The summed E-state index contributed by atoms with van der Waals surface area (Å²) in [6.07, 6.45) is 3.44. The first-order valence-corrected chi connectivity index (χ1v) is 6.90. The average Bonchev–Trinajstić information content (AvgIpc) is 2.52. The minimum absolute atomic E-state index is 0.154. The lowest BCUT2D eigenvalue weighted by atomic mass is 10.3. The molecule has 128 valence electrons. The Morgan fingerprint density at radius 1 is 0.870 bits per heavy atom. The normalized spacial score (nSPS) is 12.1. The summed E-state index contributed by atoms with van der Waals surface area (Å²) >= 11 is 0. The fraction of sp³-hybridized carbons (Fsp3) is 0.467. The lowest BCUT2D eigenvalue weighted by Gasteiger charge is -2.06. The van der Waals surface area contributed by atoms with Gasteiger partial charge in [-0.1, -0.05) is 6.92 Å². The summed E-state index contributed by atoms with van der Waals surface area (Å²) in [5, 5.41) is 9.18. The van der Waals surface area contributed by atoms with Crippen molar-refractivity contribution in [2.45, 2.75) is 26.4 Å². The van der Waals surface area contributed by atoms with E-state index >= 15 is 0 Å². The number of allylic oxidation sites excluding steroid dienone is 1. The molecule has 0 aromatic rings. The first-order chi connectivity index (χ1) is 10.8. The first-order valence-electron chi connectivity index (χ1n) is 6.90. The van der Waals surface area contributed by atoms with E-state index in [9.17, 15) is 24.3 Å². The molecule has 0 heterocycles. The van der Waals surface area contributed by atoms with Gasteiger partial charge >= 0.3 is 17.9 Å². The van der Waals surface area contributed by atoms with E-state index in [1.807, 2.05) is 0 Å². The molecule has 0 aliphatic rings. The summed E-state index contributed by atoms with van der Waals surface area (Å²) in [6.45, 7) is 2.47. The van der Waals surface area contributed by atoms with Crippen molar-refractivity contribution < 1.29 is 38.5 Å². The van der Waals surface area contributed by atoms with Crippen LogP contribution in [0.25, 0.3) is 0 Å². The van der Waals surface area contributed by atoms with E-state index in [4.69, 9.17) is 0 Å². The van der Waals surface area contributed by atoms with Gasteiger partial charge < -0.3 is 19.3 Å². The predicted molar refractivity (Wildman–Crippen MR) is 78.1 cm³/mol. The highest BCUT2D eigenvalue weighted by Gasteiger charge is 2.05. The number of ketones is 1. The second kappa shape index (κ2) is 12.1. The number of aliphatic hydroxyl groups excluding tert-OH is 1. The van der Waals surface area contributed by atoms with E-state index in [0.29, 0.717) is 6.42 Å². The van der Waals surface area contributed by atoms with E-state index < -0.39 is 24.0 Å². The highest BCUT2D eigenvalue weighted by molar-refractivity contribution is 5.94.